The Balaban J connectivity index is 1.87. The van der Waals surface area contributed by atoms with Crippen molar-refractivity contribution in [1.82, 2.24) is 4.98 Å². The Morgan fingerprint density at radius 2 is 2.03 bits per heavy atom. The molecule has 0 spiro atoms. The van der Waals surface area contributed by atoms with Crippen LogP contribution in [0.3, 0.4) is 0 Å². The number of amidine groups is 1. The lowest BCUT2D eigenvalue weighted by Gasteiger charge is -2.36. The van der Waals surface area contributed by atoms with Crippen LogP contribution in [0, 0.1) is 5.82 Å². The molecule has 0 radical (unpaired) electrons. The molecular formula is C21H22F3N3O2. The SMILES string of the molecule is COc1ccc(C(=O)Cc2ccc(F)c([C@]3(C)CC[C@@](F)(CF)C(N)=N3)c2)nc1. The van der Waals surface area contributed by atoms with Gasteiger partial charge < -0.3 is 10.5 Å². The van der Waals surface area contributed by atoms with E-state index in [4.69, 9.17) is 10.5 Å². The van der Waals surface area contributed by atoms with Crippen LogP contribution >= 0.6 is 0 Å². The topological polar surface area (TPSA) is 77.6 Å². The quantitative estimate of drug-likeness (QED) is 0.744. The van der Waals surface area contributed by atoms with Gasteiger partial charge in [-0.3, -0.25) is 9.79 Å². The summed E-state index contributed by atoms with van der Waals surface area (Å²) in [5.74, 6) is -0.739. The highest BCUT2D eigenvalue weighted by atomic mass is 19.2. The van der Waals surface area contributed by atoms with Crippen molar-refractivity contribution < 1.29 is 22.7 Å². The molecule has 1 aliphatic rings. The minimum Gasteiger partial charge on any atom is -0.495 e. The minimum absolute atomic E-state index is 0.000581. The van der Waals surface area contributed by atoms with Gasteiger partial charge in [0, 0.05) is 12.0 Å². The van der Waals surface area contributed by atoms with Crippen molar-refractivity contribution in [2.75, 3.05) is 13.8 Å². The number of nitrogens with zero attached hydrogens (tertiary/aromatic N) is 2. The number of halogens is 3. The summed E-state index contributed by atoms with van der Waals surface area (Å²) >= 11 is 0. The number of methoxy groups -OCH3 is 1. The molecule has 0 aliphatic carbocycles. The van der Waals surface area contributed by atoms with Crippen LogP contribution in [0.2, 0.25) is 0 Å². The molecule has 2 N–H and O–H groups in total. The molecule has 1 aliphatic heterocycles. The van der Waals surface area contributed by atoms with Crippen molar-refractivity contribution in [2.24, 2.45) is 10.7 Å². The van der Waals surface area contributed by atoms with E-state index in [1.54, 1.807) is 19.1 Å². The number of pyridine rings is 1. The van der Waals surface area contributed by atoms with E-state index in [2.05, 4.69) is 9.98 Å². The molecule has 0 saturated heterocycles. The summed E-state index contributed by atoms with van der Waals surface area (Å²) < 4.78 is 46.9. The van der Waals surface area contributed by atoms with Crippen LogP contribution in [0.5, 0.6) is 5.75 Å². The van der Waals surface area contributed by atoms with Crippen molar-refractivity contribution in [3.63, 3.8) is 0 Å². The van der Waals surface area contributed by atoms with Crippen LogP contribution in [-0.2, 0) is 12.0 Å². The predicted molar refractivity (Wildman–Crippen MR) is 103 cm³/mol. The zero-order valence-electron chi connectivity index (χ0n) is 16.2. The standard InChI is InChI=1S/C21H22F3N3O2/c1-20(7-8-21(24,12-22)19(25)27-20)15-9-13(3-5-16(15)23)10-18(28)17-6-4-14(29-2)11-26-17/h3-6,9,11H,7-8,10,12H2,1-2H3,(H2,25,27)/t20-,21+/m0/s1. The molecular weight excluding hydrogens is 383 g/mol. The maximum Gasteiger partial charge on any atom is 0.195 e. The largest absolute Gasteiger partial charge is 0.495 e. The Kier molecular flexibility index (Phi) is 5.64. The lowest BCUT2D eigenvalue weighted by Crippen LogP contribution is -2.48. The summed E-state index contributed by atoms with van der Waals surface area (Å²) in [6, 6.07) is 7.44. The summed E-state index contributed by atoms with van der Waals surface area (Å²) in [6.45, 7) is 0.344. The van der Waals surface area contributed by atoms with E-state index in [1.807, 2.05) is 0 Å². The lowest BCUT2D eigenvalue weighted by molar-refractivity contribution is 0.0988. The van der Waals surface area contributed by atoms with E-state index in [0.29, 0.717) is 11.3 Å². The number of ether oxygens (including phenoxy) is 1. The first-order valence-corrected chi connectivity index (χ1v) is 9.13. The third kappa shape index (κ3) is 4.11. The van der Waals surface area contributed by atoms with Crippen molar-refractivity contribution in [3.8, 4) is 5.75 Å². The van der Waals surface area contributed by atoms with E-state index in [-0.39, 0.29) is 36.3 Å². The zero-order valence-corrected chi connectivity index (χ0v) is 16.2. The third-order valence-corrected chi connectivity index (χ3v) is 5.28. The Labute approximate surface area is 166 Å². The van der Waals surface area contributed by atoms with Crippen LogP contribution in [0.15, 0.2) is 41.5 Å². The number of nitrogens with two attached hydrogens (primary N) is 1. The second-order valence-electron chi connectivity index (χ2n) is 7.37. The molecule has 5 nitrogen and oxygen atoms in total. The maximum absolute atomic E-state index is 14.6. The fourth-order valence-electron chi connectivity index (χ4n) is 3.36. The number of benzene rings is 1. The number of hydrogen-bond acceptors (Lipinski definition) is 5. The number of carbonyl (C=O) groups is 1. The first kappa shape index (κ1) is 20.8. The van der Waals surface area contributed by atoms with Crippen LogP contribution < -0.4 is 10.5 Å². The van der Waals surface area contributed by atoms with Crippen molar-refractivity contribution in [3.05, 3.63) is 59.2 Å². The molecule has 2 atom stereocenters. The molecule has 0 bridgehead atoms. The fourth-order valence-corrected chi connectivity index (χ4v) is 3.36. The van der Waals surface area contributed by atoms with Gasteiger partial charge >= 0.3 is 0 Å². The van der Waals surface area contributed by atoms with Gasteiger partial charge in [0.25, 0.3) is 0 Å². The first-order chi connectivity index (χ1) is 13.7. The number of alkyl halides is 2. The van der Waals surface area contributed by atoms with Gasteiger partial charge in [0.2, 0.25) is 0 Å². The van der Waals surface area contributed by atoms with Gasteiger partial charge in [-0.15, -0.1) is 0 Å². The molecule has 1 aromatic carbocycles. The van der Waals surface area contributed by atoms with Crippen molar-refractivity contribution in [1.29, 1.82) is 0 Å². The average Bonchev–Trinajstić information content (AvgIpc) is 2.72. The monoisotopic (exact) mass is 405 g/mol. The lowest BCUT2D eigenvalue weighted by atomic mass is 9.80. The third-order valence-electron chi connectivity index (χ3n) is 5.28. The normalized spacial score (nSPS) is 24.1. The van der Waals surface area contributed by atoms with Crippen LogP contribution in [0.4, 0.5) is 13.2 Å². The molecule has 154 valence electrons. The van der Waals surface area contributed by atoms with Gasteiger partial charge in [-0.25, -0.2) is 18.2 Å². The van der Waals surface area contributed by atoms with Gasteiger partial charge in [-0.2, -0.15) is 0 Å². The van der Waals surface area contributed by atoms with Crippen molar-refractivity contribution >= 4 is 11.6 Å². The van der Waals surface area contributed by atoms with Crippen LogP contribution in [-0.4, -0.2) is 36.1 Å². The zero-order chi connectivity index (χ0) is 21.2. The number of ketones is 1. The number of aliphatic imine (C=N–C) groups is 1. The summed E-state index contributed by atoms with van der Waals surface area (Å²) in [4.78, 5) is 20.7. The molecule has 2 heterocycles. The van der Waals surface area contributed by atoms with Gasteiger partial charge in [-0.1, -0.05) is 6.07 Å². The molecule has 0 fully saturated rings. The fraction of sp³-hybridized carbons (Fsp3) is 0.381. The van der Waals surface area contributed by atoms with Gasteiger partial charge in [-0.05, 0) is 49.6 Å². The number of Topliss-reactive ketones (excluding diaryl/α,β-unsaturated/α-hetero) is 1. The van der Waals surface area contributed by atoms with Gasteiger partial charge in [0.1, 0.15) is 29.8 Å². The Morgan fingerprint density at radius 3 is 2.62 bits per heavy atom. The molecule has 1 aromatic heterocycles. The Hall–Kier alpha value is -2.90. The van der Waals surface area contributed by atoms with Gasteiger partial charge in [0.05, 0.1) is 18.8 Å². The second-order valence-corrected chi connectivity index (χ2v) is 7.37. The maximum atomic E-state index is 14.6. The van der Waals surface area contributed by atoms with E-state index in [1.165, 1.54) is 31.5 Å². The van der Waals surface area contributed by atoms with E-state index >= 15 is 0 Å². The van der Waals surface area contributed by atoms with E-state index in [9.17, 15) is 18.0 Å². The first-order valence-electron chi connectivity index (χ1n) is 9.13. The average molecular weight is 405 g/mol. The molecule has 0 unspecified atom stereocenters. The Bertz CT molecular complexity index is 949. The highest BCUT2D eigenvalue weighted by Gasteiger charge is 2.44. The number of carbonyl (C=O) groups excluding carboxylic acids is 1. The Morgan fingerprint density at radius 1 is 1.28 bits per heavy atom. The van der Waals surface area contributed by atoms with E-state index < -0.39 is 29.5 Å². The van der Waals surface area contributed by atoms with Crippen LogP contribution in [0.25, 0.3) is 0 Å². The molecule has 0 saturated carbocycles. The molecule has 29 heavy (non-hydrogen) atoms. The molecule has 2 aromatic rings. The minimum atomic E-state index is -2.32. The summed E-state index contributed by atoms with van der Waals surface area (Å²) in [5.41, 5.74) is 3.19. The number of rotatable bonds is 6. The highest BCUT2D eigenvalue weighted by molar-refractivity contribution is 5.95. The smallest absolute Gasteiger partial charge is 0.195 e. The predicted octanol–water partition coefficient (Wildman–Crippen LogP) is 3.70. The van der Waals surface area contributed by atoms with Crippen LogP contribution in [0.1, 0.15) is 41.4 Å². The molecule has 3 rings (SSSR count). The summed E-state index contributed by atoms with van der Waals surface area (Å²) in [6.07, 6.45) is 1.33. The number of hydrogen-bond donors (Lipinski definition) is 1. The van der Waals surface area contributed by atoms with Crippen molar-refractivity contribution in [2.45, 2.75) is 37.4 Å². The second kappa shape index (κ2) is 7.85. The molecule has 8 heteroatoms. The highest BCUT2D eigenvalue weighted by Crippen LogP contribution is 2.40. The van der Waals surface area contributed by atoms with E-state index in [0.717, 1.165) is 0 Å². The summed E-state index contributed by atoms with van der Waals surface area (Å²) in [5, 5.41) is 0. The number of aromatic nitrogens is 1. The molecule has 0 amide bonds. The summed E-state index contributed by atoms with van der Waals surface area (Å²) in [7, 11) is 1.50. The van der Waals surface area contributed by atoms with Gasteiger partial charge in [0.15, 0.2) is 11.5 Å².